The second kappa shape index (κ2) is 13.9. The van der Waals surface area contributed by atoms with Gasteiger partial charge in [-0.1, -0.05) is 43.5 Å². The van der Waals surface area contributed by atoms with Crippen molar-refractivity contribution in [1.82, 2.24) is 9.21 Å². The molecule has 0 saturated heterocycles. The van der Waals surface area contributed by atoms with E-state index >= 15 is 0 Å². The molecule has 0 unspecified atom stereocenters. The Morgan fingerprint density at radius 2 is 1.68 bits per heavy atom. The third kappa shape index (κ3) is 9.73. The van der Waals surface area contributed by atoms with E-state index in [1.165, 1.54) is 30.0 Å². The summed E-state index contributed by atoms with van der Waals surface area (Å²) in [6.07, 6.45) is 11.8. The molecular formula is C24H41N3O3S. The van der Waals surface area contributed by atoms with Crippen molar-refractivity contribution in [2.45, 2.75) is 69.9 Å². The second-order valence-corrected chi connectivity index (χ2v) is 10.3. The van der Waals surface area contributed by atoms with Crippen LogP contribution in [-0.4, -0.2) is 63.6 Å². The summed E-state index contributed by atoms with van der Waals surface area (Å²) in [5.74, 6) is 0. The molecule has 2 rings (SSSR count). The summed E-state index contributed by atoms with van der Waals surface area (Å²) in [6, 6.07) is 9.06. The number of para-hydroxylation sites is 1. The molecular weight excluding hydrogens is 410 g/mol. The van der Waals surface area contributed by atoms with Crippen LogP contribution >= 0.6 is 0 Å². The fourth-order valence-electron chi connectivity index (χ4n) is 4.07. The summed E-state index contributed by atoms with van der Waals surface area (Å²) in [4.78, 5) is 2.30. The molecule has 0 atom stereocenters. The van der Waals surface area contributed by atoms with Gasteiger partial charge in [-0.15, -0.1) is 6.58 Å². The molecule has 1 saturated carbocycles. The molecule has 0 aliphatic heterocycles. The number of rotatable bonds is 15. The highest BCUT2D eigenvalue weighted by Crippen LogP contribution is 2.26. The van der Waals surface area contributed by atoms with Crippen LogP contribution in [0.25, 0.3) is 0 Å². The summed E-state index contributed by atoms with van der Waals surface area (Å²) in [5.41, 5.74) is 0.593. The van der Waals surface area contributed by atoms with Crippen LogP contribution in [-0.2, 0) is 14.9 Å². The van der Waals surface area contributed by atoms with E-state index in [0.717, 1.165) is 51.8 Å². The lowest BCUT2D eigenvalue weighted by atomic mass is 9.93. The maximum absolute atomic E-state index is 12.6. The van der Waals surface area contributed by atoms with Gasteiger partial charge >= 0.3 is 10.2 Å². The van der Waals surface area contributed by atoms with Gasteiger partial charge in [0.2, 0.25) is 0 Å². The number of ether oxygens (including phenoxy) is 1. The molecule has 7 heteroatoms. The van der Waals surface area contributed by atoms with Gasteiger partial charge < -0.3 is 9.64 Å². The first-order valence-electron chi connectivity index (χ1n) is 11.6. The molecule has 0 aromatic heterocycles. The van der Waals surface area contributed by atoms with E-state index in [1.807, 2.05) is 24.3 Å². The van der Waals surface area contributed by atoms with Crippen molar-refractivity contribution >= 4 is 15.9 Å². The van der Waals surface area contributed by atoms with Gasteiger partial charge in [0.25, 0.3) is 0 Å². The molecule has 0 heterocycles. The van der Waals surface area contributed by atoms with E-state index in [2.05, 4.69) is 23.2 Å². The molecule has 0 amide bonds. The Morgan fingerprint density at radius 1 is 1.03 bits per heavy atom. The molecule has 1 aliphatic rings. The fourth-order valence-corrected chi connectivity index (χ4v) is 5.26. The number of likely N-dealkylation sites (N-methyl/N-ethyl adjacent to an activating group) is 1. The zero-order valence-corrected chi connectivity index (χ0v) is 20.2. The number of nitrogens with one attached hydrogen (secondary N) is 1. The number of hydrogen-bond donors (Lipinski definition) is 1. The van der Waals surface area contributed by atoms with E-state index < -0.39 is 10.2 Å². The highest BCUT2D eigenvalue weighted by molar-refractivity contribution is 7.90. The molecule has 1 aromatic carbocycles. The third-order valence-electron chi connectivity index (χ3n) is 6.04. The Labute approximate surface area is 189 Å². The Morgan fingerprint density at radius 3 is 2.35 bits per heavy atom. The molecule has 0 radical (unpaired) electrons. The van der Waals surface area contributed by atoms with Crippen LogP contribution in [0, 0.1) is 0 Å². The lowest BCUT2D eigenvalue weighted by Crippen LogP contribution is -2.43. The Bertz CT molecular complexity index is 719. The van der Waals surface area contributed by atoms with Gasteiger partial charge in [0.15, 0.2) is 0 Å². The third-order valence-corrected chi connectivity index (χ3v) is 7.59. The minimum atomic E-state index is -3.54. The van der Waals surface area contributed by atoms with Crippen LogP contribution in [0.3, 0.4) is 0 Å². The molecule has 1 fully saturated rings. The van der Waals surface area contributed by atoms with Crippen molar-refractivity contribution in [2.24, 2.45) is 0 Å². The predicted molar refractivity (Wildman–Crippen MR) is 130 cm³/mol. The monoisotopic (exact) mass is 451 g/mol. The topological polar surface area (TPSA) is 61.9 Å². The predicted octanol–water partition coefficient (Wildman–Crippen LogP) is 4.67. The van der Waals surface area contributed by atoms with Crippen molar-refractivity contribution in [3.05, 3.63) is 43.0 Å². The minimum Gasteiger partial charge on any atom is -0.378 e. The number of hydrogen-bond acceptors (Lipinski definition) is 4. The largest absolute Gasteiger partial charge is 0.378 e. The van der Waals surface area contributed by atoms with Crippen LogP contribution < -0.4 is 4.72 Å². The van der Waals surface area contributed by atoms with Gasteiger partial charge in [0.1, 0.15) is 0 Å². The van der Waals surface area contributed by atoms with Gasteiger partial charge in [-0.3, -0.25) is 4.72 Å². The smallest absolute Gasteiger partial charge is 0.301 e. The van der Waals surface area contributed by atoms with E-state index in [4.69, 9.17) is 4.74 Å². The van der Waals surface area contributed by atoms with Crippen molar-refractivity contribution in [3.8, 4) is 0 Å². The molecule has 176 valence electrons. The molecule has 1 aliphatic carbocycles. The van der Waals surface area contributed by atoms with E-state index in [0.29, 0.717) is 5.69 Å². The second-order valence-electron chi connectivity index (χ2n) is 8.61. The van der Waals surface area contributed by atoms with Gasteiger partial charge in [0.05, 0.1) is 6.10 Å². The molecule has 31 heavy (non-hydrogen) atoms. The number of nitrogens with zero attached hydrogens (tertiary/aromatic N) is 2. The standard InChI is InChI=1S/C24H41N3O3S/c1-4-19-26(2)20-11-6-5-7-12-21-30-24-17-15-23(16-18-24)27(3)31(28,29)25-22-13-9-8-10-14-22/h4,8-10,13-14,23-25H,1,5-7,11-12,15-21H2,2-3H3. The van der Waals surface area contributed by atoms with Crippen molar-refractivity contribution in [3.63, 3.8) is 0 Å². The molecule has 0 bridgehead atoms. The molecule has 1 aromatic rings. The van der Waals surface area contributed by atoms with Crippen LogP contribution in [0.15, 0.2) is 43.0 Å². The summed E-state index contributed by atoms with van der Waals surface area (Å²) < 4.78 is 35.5. The average molecular weight is 452 g/mol. The first-order chi connectivity index (χ1) is 14.9. The van der Waals surface area contributed by atoms with Crippen molar-refractivity contribution in [2.75, 3.05) is 38.5 Å². The Hall–Kier alpha value is -1.41. The highest BCUT2D eigenvalue weighted by Gasteiger charge is 2.30. The van der Waals surface area contributed by atoms with E-state index in [9.17, 15) is 8.42 Å². The number of anilines is 1. The average Bonchev–Trinajstić information content (AvgIpc) is 2.76. The SMILES string of the molecule is C=CCN(C)CCCCCCCOC1CCC(N(C)S(=O)(=O)Nc2ccccc2)CC1. The van der Waals surface area contributed by atoms with E-state index in [-0.39, 0.29) is 12.1 Å². The van der Waals surface area contributed by atoms with Gasteiger partial charge in [-0.2, -0.15) is 12.7 Å². The van der Waals surface area contributed by atoms with Crippen molar-refractivity contribution < 1.29 is 13.2 Å². The summed E-state index contributed by atoms with van der Waals surface area (Å²) in [5, 5.41) is 0. The van der Waals surface area contributed by atoms with Crippen LogP contribution in [0.5, 0.6) is 0 Å². The summed E-state index contributed by atoms with van der Waals surface area (Å²) in [7, 11) is 0.272. The maximum Gasteiger partial charge on any atom is 0.301 e. The van der Waals surface area contributed by atoms with Crippen LogP contribution in [0.2, 0.25) is 0 Å². The lowest BCUT2D eigenvalue weighted by Gasteiger charge is -2.34. The quantitative estimate of drug-likeness (QED) is 0.311. The van der Waals surface area contributed by atoms with E-state index in [1.54, 1.807) is 19.2 Å². The maximum atomic E-state index is 12.6. The van der Waals surface area contributed by atoms with Crippen molar-refractivity contribution in [1.29, 1.82) is 0 Å². The van der Waals surface area contributed by atoms with Gasteiger partial charge in [-0.25, -0.2) is 0 Å². The molecule has 0 spiro atoms. The minimum absolute atomic E-state index is 0.0280. The normalized spacial score (nSPS) is 19.6. The highest BCUT2D eigenvalue weighted by atomic mass is 32.2. The first-order valence-corrected chi connectivity index (χ1v) is 13.1. The van der Waals surface area contributed by atoms with Crippen LogP contribution in [0.4, 0.5) is 5.69 Å². The number of unbranched alkanes of at least 4 members (excludes halogenated alkanes) is 4. The first kappa shape index (κ1) is 25.8. The van der Waals surface area contributed by atoms with Crippen LogP contribution in [0.1, 0.15) is 57.8 Å². The van der Waals surface area contributed by atoms with Gasteiger partial charge in [0, 0.05) is 31.9 Å². The van der Waals surface area contributed by atoms with Gasteiger partial charge in [-0.05, 0) is 64.3 Å². The summed E-state index contributed by atoms with van der Waals surface area (Å²) >= 11 is 0. The number of benzene rings is 1. The Kier molecular flexibility index (Phi) is 11.6. The molecule has 1 N–H and O–H groups in total. The zero-order valence-electron chi connectivity index (χ0n) is 19.3. The fraction of sp³-hybridized carbons (Fsp3) is 0.667. The molecule has 6 nitrogen and oxygen atoms in total. The zero-order chi connectivity index (χ0) is 22.5. The lowest BCUT2D eigenvalue weighted by molar-refractivity contribution is 0.0157. The Balaban J connectivity index is 1.56. The summed E-state index contributed by atoms with van der Waals surface area (Å²) in [6.45, 7) is 6.68.